The van der Waals surface area contributed by atoms with E-state index in [9.17, 15) is 14.0 Å². The van der Waals surface area contributed by atoms with E-state index in [-0.39, 0.29) is 5.82 Å². The summed E-state index contributed by atoms with van der Waals surface area (Å²) in [6, 6.07) is 13.9. The Labute approximate surface area is 162 Å². The quantitative estimate of drug-likeness (QED) is 0.817. The molecule has 0 spiro atoms. The largest absolute Gasteiger partial charge is 0.366 e. The summed E-state index contributed by atoms with van der Waals surface area (Å²) in [4.78, 5) is 27.8. The number of hydrogen-bond donors (Lipinski definition) is 1. The number of amides is 2. The van der Waals surface area contributed by atoms with Gasteiger partial charge in [-0.1, -0.05) is 35.9 Å². The number of carbonyl (C=O) groups is 2. The van der Waals surface area contributed by atoms with Crippen molar-refractivity contribution in [2.75, 3.05) is 37.6 Å². The Morgan fingerprint density at radius 2 is 1.67 bits per heavy atom. The lowest BCUT2D eigenvalue weighted by molar-refractivity contribution is -0.146. The molecule has 142 valence electrons. The summed E-state index contributed by atoms with van der Waals surface area (Å²) in [6.45, 7) is 2.13. The zero-order chi connectivity index (χ0) is 19.2. The highest BCUT2D eigenvalue weighted by Gasteiger charge is 2.26. The first-order chi connectivity index (χ1) is 13.0. The zero-order valence-electron chi connectivity index (χ0n) is 14.8. The van der Waals surface area contributed by atoms with Crippen molar-refractivity contribution in [1.29, 1.82) is 0 Å². The molecule has 0 bridgehead atoms. The molecule has 0 aromatic heterocycles. The Kier molecular flexibility index (Phi) is 6.29. The van der Waals surface area contributed by atoms with E-state index in [0.29, 0.717) is 49.9 Å². The van der Waals surface area contributed by atoms with Gasteiger partial charge in [-0.3, -0.25) is 9.59 Å². The number of piperazine rings is 1. The average Bonchev–Trinajstić information content (AvgIpc) is 2.69. The highest BCUT2D eigenvalue weighted by atomic mass is 35.5. The van der Waals surface area contributed by atoms with Crippen molar-refractivity contribution in [3.63, 3.8) is 0 Å². The summed E-state index contributed by atoms with van der Waals surface area (Å²) in [5.74, 6) is -1.43. The van der Waals surface area contributed by atoms with Crippen molar-refractivity contribution < 1.29 is 14.0 Å². The molecule has 0 radical (unpaired) electrons. The van der Waals surface area contributed by atoms with Gasteiger partial charge < -0.3 is 15.1 Å². The molecule has 27 heavy (non-hydrogen) atoms. The number of para-hydroxylation sites is 1. The third kappa shape index (κ3) is 4.98. The van der Waals surface area contributed by atoms with E-state index in [2.05, 4.69) is 5.32 Å². The maximum absolute atomic E-state index is 13.9. The van der Waals surface area contributed by atoms with Crippen molar-refractivity contribution in [3.8, 4) is 0 Å². The van der Waals surface area contributed by atoms with Crippen LogP contribution in [0.3, 0.4) is 0 Å². The van der Waals surface area contributed by atoms with Crippen molar-refractivity contribution in [3.05, 3.63) is 64.9 Å². The van der Waals surface area contributed by atoms with E-state index in [1.807, 2.05) is 17.0 Å². The molecule has 2 aromatic carbocycles. The predicted molar refractivity (Wildman–Crippen MR) is 103 cm³/mol. The lowest BCUT2D eigenvalue weighted by atomic mass is 10.1. The van der Waals surface area contributed by atoms with Crippen LogP contribution < -0.4 is 10.2 Å². The van der Waals surface area contributed by atoms with Crippen LogP contribution in [-0.2, 0) is 16.0 Å². The number of rotatable bonds is 4. The van der Waals surface area contributed by atoms with Gasteiger partial charge in [0.25, 0.3) is 0 Å². The zero-order valence-corrected chi connectivity index (χ0v) is 15.6. The van der Waals surface area contributed by atoms with E-state index in [0.717, 1.165) is 5.56 Å². The molecule has 7 heteroatoms. The van der Waals surface area contributed by atoms with E-state index in [1.165, 1.54) is 11.0 Å². The first-order valence-corrected chi connectivity index (χ1v) is 9.23. The summed E-state index contributed by atoms with van der Waals surface area (Å²) in [6.07, 6.45) is 0.622. The van der Waals surface area contributed by atoms with E-state index in [4.69, 9.17) is 11.6 Å². The molecule has 1 N–H and O–H groups in total. The van der Waals surface area contributed by atoms with Gasteiger partial charge in [0.05, 0.1) is 5.69 Å². The van der Waals surface area contributed by atoms with Gasteiger partial charge in [-0.25, -0.2) is 4.39 Å². The molecule has 5 nitrogen and oxygen atoms in total. The van der Waals surface area contributed by atoms with Gasteiger partial charge in [-0.15, -0.1) is 0 Å². The minimum atomic E-state index is -0.608. The topological polar surface area (TPSA) is 52.7 Å². The van der Waals surface area contributed by atoms with Crippen LogP contribution in [0.2, 0.25) is 5.02 Å². The van der Waals surface area contributed by atoms with Gasteiger partial charge in [0.15, 0.2) is 0 Å². The van der Waals surface area contributed by atoms with Gasteiger partial charge in [-0.2, -0.15) is 0 Å². The fraction of sp³-hybridized carbons (Fsp3) is 0.300. The monoisotopic (exact) mass is 389 g/mol. The van der Waals surface area contributed by atoms with Crippen molar-refractivity contribution in [2.45, 2.75) is 6.42 Å². The van der Waals surface area contributed by atoms with E-state index in [1.54, 1.807) is 30.3 Å². The van der Waals surface area contributed by atoms with Crippen LogP contribution >= 0.6 is 11.6 Å². The van der Waals surface area contributed by atoms with Crippen LogP contribution in [0.4, 0.5) is 10.1 Å². The predicted octanol–water partition coefficient (Wildman–Crippen LogP) is 2.49. The van der Waals surface area contributed by atoms with Crippen LogP contribution in [0.1, 0.15) is 5.56 Å². The molecule has 0 atom stereocenters. The Bertz CT molecular complexity index is 805. The van der Waals surface area contributed by atoms with E-state index < -0.39 is 11.8 Å². The molecule has 1 heterocycles. The molecular formula is C20H21ClFN3O2. The summed E-state index contributed by atoms with van der Waals surface area (Å²) in [5, 5.41) is 3.32. The van der Waals surface area contributed by atoms with Gasteiger partial charge in [0, 0.05) is 37.7 Å². The smallest absolute Gasteiger partial charge is 0.312 e. The average molecular weight is 390 g/mol. The molecule has 2 aromatic rings. The van der Waals surface area contributed by atoms with Gasteiger partial charge in [0.1, 0.15) is 5.82 Å². The third-order valence-electron chi connectivity index (χ3n) is 4.57. The highest BCUT2D eigenvalue weighted by molar-refractivity contribution is 6.35. The lowest BCUT2D eigenvalue weighted by Gasteiger charge is -2.35. The summed E-state index contributed by atoms with van der Waals surface area (Å²) in [5.41, 5.74) is 1.56. The fourth-order valence-electron chi connectivity index (χ4n) is 3.05. The maximum atomic E-state index is 13.9. The second kappa shape index (κ2) is 8.86. The van der Waals surface area contributed by atoms with Gasteiger partial charge >= 0.3 is 11.8 Å². The molecule has 1 fully saturated rings. The lowest BCUT2D eigenvalue weighted by Crippen LogP contribution is -2.53. The normalized spacial score (nSPS) is 14.1. The molecule has 0 saturated carbocycles. The molecule has 2 amide bonds. The number of hydrogen-bond acceptors (Lipinski definition) is 3. The van der Waals surface area contributed by atoms with Crippen LogP contribution in [0.15, 0.2) is 48.5 Å². The SMILES string of the molecule is O=C(NCCc1ccc(Cl)cc1)C(=O)N1CCN(c2ccccc2F)CC1. The summed E-state index contributed by atoms with van der Waals surface area (Å²) < 4.78 is 13.9. The van der Waals surface area contributed by atoms with Gasteiger partial charge in [-0.05, 0) is 36.2 Å². The van der Waals surface area contributed by atoms with Crippen molar-refractivity contribution in [1.82, 2.24) is 10.2 Å². The third-order valence-corrected chi connectivity index (χ3v) is 4.82. The minimum absolute atomic E-state index is 0.280. The summed E-state index contributed by atoms with van der Waals surface area (Å²) >= 11 is 5.84. The van der Waals surface area contributed by atoms with Crippen molar-refractivity contribution in [2.24, 2.45) is 0 Å². The number of halogens is 2. The number of anilines is 1. The number of carbonyl (C=O) groups excluding carboxylic acids is 2. The first kappa shape index (κ1) is 19.2. The standard InChI is InChI=1S/C20H21ClFN3O2/c21-16-7-5-15(6-8-16)9-10-23-19(26)20(27)25-13-11-24(12-14-25)18-4-2-1-3-17(18)22/h1-8H,9-14H2,(H,23,26). The minimum Gasteiger partial charge on any atom is -0.366 e. The van der Waals surface area contributed by atoms with Crippen LogP contribution in [0.5, 0.6) is 0 Å². The van der Waals surface area contributed by atoms with E-state index >= 15 is 0 Å². The molecule has 3 rings (SSSR count). The Morgan fingerprint density at radius 3 is 2.33 bits per heavy atom. The maximum Gasteiger partial charge on any atom is 0.312 e. The Morgan fingerprint density at radius 1 is 1.00 bits per heavy atom. The Balaban J connectivity index is 1.45. The molecule has 0 unspecified atom stereocenters. The van der Waals surface area contributed by atoms with Gasteiger partial charge in [0.2, 0.25) is 0 Å². The van der Waals surface area contributed by atoms with Crippen LogP contribution in [-0.4, -0.2) is 49.4 Å². The van der Waals surface area contributed by atoms with Crippen molar-refractivity contribution >= 4 is 29.1 Å². The molecule has 1 aliphatic rings. The summed E-state index contributed by atoms with van der Waals surface area (Å²) in [7, 11) is 0. The number of nitrogens with zero attached hydrogens (tertiary/aromatic N) is 2. The molecule has 1 saturated heterocycles. The number of nitrogens with one attached hydrogen (secondary N) is 1. The molecule has 0 aliphatic carbocycles. The Hall–Kier alpha value is -2.60. The molecular weight excluding hydrogens is 369 g/mol. The van der Waals surface area contributed by atoms with Crippen LogP contribution in [0.25, 0.3) is 0 Å². The number of benzene rings is 2. The molecule has 1 aliphatic heterocycles. The second-order valence-corrected chi connectivity index (χ2v) is 6.80. The first-order valence-electron chi connectivity index (χ1n) is 8.85. The van der Waals surface area contributed by atoms with Crippen LogP contribution in [0, 0.1) is 5.82 Å². The second-order valence-electron chi connectivity index (χ2n) is 6.36. The highest BCUT2D eigenvalue weighted by Crippen LogP contribution is 2.20. The fourth-order valence-corrected chi connectivity index (χ4v) is 3.18.